The topological polar surface area (TPSA) is 23.6 Å². The fourth-order valence-corrected chi connectivity index (χ4v) is 3.23. The number of benzene rings is 2. The van der Waals surface area contributed by atoms with Crippen molar-refractivity contribution in [3.8, 4) is 0 Å². The summed E-state index contributed by atoms with van der Waals surface area (Å²) in [6.45, 7) is 7.14. The van der Waals surface area contributed by atoms with Crippen LogP contribution in [0.1, 0.15) is 28.8 Å². The van der Waals surface area contributed by atoms with Gasteiger partial charge in [0.05, 0.1) is 0 Å². The zero-order chi connectivity index (χ0) is 17.6. The molecule has 0 radical (unpaired) electrons. The van der Waals surface area contributed by atoms with Crippen molar-refractivity contribution in [2.24, 2.45) is 0 Å². The van der Waals surface area contributed by atoms with E-state index in [2.05, 4.69) is 41.0 Å². The second-order valence-electron chi connectivity index (χ2n) is 6.70. The zero-order valence-electron chi connectivity index (χ0n) is 14.7. The molecule has 0 N–H and O–H groups in total. The van der Waals surface area contributed by atoms with Crippen LogP contribution in [0, 0.1) is 12.7 Å². The van der Waals surface area contributed by atoms with Crippen molar-refractivity contribution in [2.75, 3.05) is 37.6 Å². The Morgan fingerprint density at radius 3 is 2.24 bits per heavy atom. The van der Waals surface area contributed by atoms with Crippen molar-refractivity contribution in [1.29, 1.82) is 0 Å². The lowest BCUT2D eigenvalue weighted by molar-refractivity contribution is 0.0974. The Morgan fingerprint density at radius 1 is 0.960 bits per heavy atom. The highest BCUT2D eigenvalue weighted by Crippen LogP contribution is 2.17. The summed E-state index contributed by atoms with van der Waals surface area (Å²) in [5.41, 5.74) is 3.18. The fourth-order valence-electron chi connectivity index (χ4n) is 3.23. The van der Waals surface area contributed by atoms with Gasteiger partial charge in [-0.25, -0.2) is 4.39 Å². The number of nitrogens with zero attached hydrogens (tertiary/aromatic N) is 2. The predicted octanol–water partition coefficient (Wildman–Crippen LogP) is 3.92. The molecule has 0 aromatic heterocycles. The normalized spacial score (nSPS) is 15.4. The van der Waals surface area contributed by atoms with Gasteiger partial charge in [-0.2, -0.15) is 0 Å². The highest BCUT2D eigenvalue weighted by atomic mass is 19.1. The average Bonchev–Trinajstić information content (AvgIpc) is 2.63. The monoisotopic (exact) mass is 340 g/mol. The van der Waals surface area contributed by atoms with E-state index in [0.717, 1.165) is 39.1 Å². The molecule has 0 saturated carbocycles. The third kappa shape index (κ3) is 4.89. The maximum Gasteiger partial charge on any atom is 0.162 e. The summed E-state index contributed by atoms with van der Waals surface area (Å²) >= 11 is 0. The zero-order valence-corrected chi connectivity index (χ0v) is 14.7. The summed E-state index contributed by atoms with van der Waals surface area (Å²) in [5.74, 6) is -0.207. The molecule has 0 amide bonds. The van der Waals surface area contributed by atoms with Crippen LogP contribution in [0.15, 0.2) is 48.5 Å². The van der Waals surface area contributed by atoms with Crippen LogP contribution >= 0.6 is 0 Å². The van der Waals surface area contributed by atoms with Crippen molar-refractivity contribution in [2.45, 2.75) is 19.8 Å². The molecule has 0 aliphatic carbocycles. The van der Waals surface area contributed by atoms with Crippen LogP contribution in [0.2, 0.25) is 0 Å². The number of carbonyl (C=O) groups excluding carboxylic acids is 1. The summed E-state index contributed by atoms with van der Waals surface area (Å²) in [6, 6.07) is 14.5. The molecule has 1 saturated heterocycles. The van der Waals surface area contributed by atoms with Crippen LogP contribution in [-0.2, 0) is 0 Å². The van der Waals surface area contributed by atoms with Gasteiger partial charge in [0.25, 0.3) is 0 Å². The summed E-state index contributed by atoms with van der Waals surface area (Å²) in [4.78, 5) is 16.9. The van der Waals surface area contributed by atoms with E-state index in [-0.39, 0.29) is 11.6 Å². The van der Waals surface area contributed by atoms with Gasteiger partial charge >= 0.3 is 0 Å². The number of piperazine rings is 1. The molecule has 1 aliphatic heterocycles. The van der Waals surface area contributed by atoms with Crippen molar-refractivity contribution < 1.29 is 9.18 Å². The van der Waals surface area contributed by atoms with Gasteiger partial charge in [0, 0.05) is 43.9 Å². The molecule has 3 rings (SSSR count). The van der Waals surface area contributed by atoms with E-state index >= 15 is 0 Å². The van der Waals surface area contributed by atoms with Crippen LogP contribution in [0.25, 0.3) is 0 Å². The number of hydrogen-bond acceptors (Lipinski definition) is 3. The van der Waals surface area contributed by atoms with Crippen LogP contribution in [-0.4, -0.2) is 43.4 Å². The summed E-state index contributed by atoms with van der Waals surface area (Å²) in [7, 11) is 0. The number of anilines is 1. The largest absolute Gasteiger partial charge is 0.369 e. The lowest BCUT2D eigenvalue weighted by Gasteiger charge is -2.36. The van der Waals surface area contributed by atoms with Gasteiger partial charge in [-0.05, 0) is 56.3 Å². The first-order valence-corrected chi connectivity index (χ1v) is 8.94. The average molecular weight is 340 g/mol. The second kappa shape index (κ2) is 8.26. The first-order chi connectivity index (χ1) is 12.1. The maximum atomic E-state index is 12.9. The highest BCUT2D eigenvalue weighted by molar-refractivity contribution is 5.95. The molecule has 0 spiro atoms. The fraction of sp³-hybridized carbons (Fsp3) is 0.381. The molecule has 1 aliphatic rings. The molecular formula is C21H25FN2O. The molecular weight excluding hydrogens is 315 g/mol. The van der Waals surface area contributed by atoms with E-state index in [1.807, 2.05) is 0 Å². The summed E-state index contributed by atoms with van der Waals surface area (Å²) < 4.78 is 12.9. The standard InChI is InChI=1S/C21H25FN2O/c1-17-4-10-20(11-5-17)24-15-13-23(14-16-24)12-2-3-21(25)18-6-8-19(22)9-7-18/h4-11H,2-3,12-16H2,1H3. The molecule has 2 aromatic carbocycles. The third-order valence-electron chi connectivity index (χ3n) is 4.82. The Labute approximate surface area is 149 Å². The van der Waals surface area contributed by atoms with Crippen LogP contribution in [0.3, 0.4) is 0 Å². The van der Waals surface area contributed by atoms with E-state index in [4.69, 9.17) is 0 Å². The lowest BCUT2D eigenvalue weighted by atomic mass is 10.1. The number of carbonyl (C=O) groups is 1. The van der Waals surface area contributed by atoms with Gasteiger partial charge in [-0.3, -0.25) is 9.69 Å². The van der Waals surface area contributed by atoms with Crippen LogP contribution in [0.5, 0.6) is 0 Å². The molecule has 2 aromatic rings. The number of halogens is 1. The Kier molecular flexibility index (Phi) is 5.82. The third-order valence-corrected chi connectivity index (χ3v) is 4.82. The van der Waals surface area contributed by atoms with Crippen LogP contribution < -0.4 is 4.90 Å². The van der Waals surface area contributed by atoms with E-state index in [1.165, 1.54) is 23.4 Å². The molecule has 25 heavy (non-hydrogen) atoms. The van der Waals surface area contributed by atoms with Gasteiger partial charge in [0.1, 0.15) is 5.82 Å². The highest BCUT2D eigenvalue weighted by Gasteiger charge is 2.17. The minimum Gasteiger partial charge on any atom is -0.369 e. The maximum absolute atomic E-state index is 12.9. The second-order valence-corrected chi connectivity index (χ2v) is 6.70. The predicted molar refractivity (Wildman–Crippen MR) is 99.8 cm³/mol. The van der Waals surface area contributed by atoms with Gasteiger partial charge < -0.3 is 4.90 Å². The Balaban J connectivity index is 1.40. The van der Waals surface area contributed by atoms with Gasteiger partial charge in [0.2, 0.25) is 0 Å². The molecule has 4 heteroatoms. The van der Waals surface area contributed by atoms with E-state index in [0.29, 0.717) is 12.0 Å². The molecule has 1 fully saturated rings. The van der Waals surface area contributed by atoms with Gasteiger partial charge in [-0.15, -0.1) is 0 Å². The van der Waals surface area contributed by atoms with Crippen molar-refractivity contribution >= 4 is 11.5 Å². The van der Waals surface area contributed by atoms with Gasteiger partial charge in [0.15, 0.2) is 5.78 Å². The minimum absolute atomic E-state index is 0.0956. The number of aryl methyl sites for hydroxylation is 1. The number of Topliss-reactive ketones (excluding diaryl/α,β-unsaturated/α-hetero) is 1. The summed E-state index contributed by atoms with van der Waals surface area (Å²) in [5, 5.41) is 0. The molecule has 0 atom stereocenters. The van der Waals surface area contributed by atoms with E-state index < -0.39 is 0 Å². The lowest BCUT2D eigenvalue weighted by Crippen LogP contribution is -2.46. The quantitative estimate of drug-likeness (QED) is 0.745. The number of ketones is 1. The Hall–Kier alpha value is -2.20. The molecule has 0 bridgehead atoms. The molecule has 1 heterocycles. The summed E-state index contributed by atoms with van der Waals surface area (Å²) in [6.07, 6.45) is 1.37. The van der Waals surface area contributed by atoms with E-state index in [9.17, 15) is 9.18 Å². The minimum atomic E-state index is -0.303. The number of hydrogen-bond donors (Lipinski definition) is 0. The van der Waals surface area contributed by atoms with Crippen LogP contribution in [0.4, 0.5) is 10.1 Å². The number of rotatable bonds is 6. The Bertz CT molecular complexity index is 689. The SMILES string of the molecule is Cc1ccc(N2CCN(CCCC(=O)c3ccc(F)cc3)CC2)cc1. The molecule has 3 nitrogen and oxygen atoms in total. The van der Waals surface area contributed by atoms with Crippen molar-refractivity contribution in [3.63, 3.8) is 0 Å². The van der Waals surface area contributed by atoms with Crippen molar-refractivity contribution in [3.05, 3.63) is 65.5 Å². The van der Waals surface area contributed by atoms with Gasteiger partial charge in [-0.1, -0.05) is 17.7 Å². The smallest absolute Gasteiger partial charge is 0.162 e. The first kappa shape index (κ1) is 17.6. The first-order valence-electron chi connectivity index (χ1n) is 8.94. The van der Waals surface area contributed by atoms with E-state index in [1.54, 1.807) is 12.1 Å². The molecule has 0 unspecified atom stereocenters. The van der Waals surface area contributed by atoms with Crippen molar-refractivity contribution in [1.82, 2.24) is 4.90 Å². The molecule has 132 valence electrons. The Morgan fingerprint density at radius 2 is 1.60 bits per heavy atom.